The molecule has 0 bridgehead atoms. The molecule has 0 aliphatic rings. The van der Waals surface area contributed by atoms with Crippen LogP contribution in [0, 0.1) is 3.57 Å². The first-order chi connectivity index (χ1) is 9.58. The van der Waals surface area contributed by atoms with E-state index in [0.29, 0.717) is 17.9 Å². The normalized spacial score (nSPS) is 10.8. The van der Waals surface area contributed by atoms with E-state index in [1.807, 2.05) is 20.0 Å². The van der Waals surface area contributed by atoms with Gasteiger partial charge in [-0.3, -0.25) is 0 Å². The second kappa shape index (κ2) is 6.82. The number of hydrogen-bond acceptors (Lipinski definition) is 6. The van der Waals surface area contributed by atoms with Crippen LogP contribution in [0.4, 0.5) is 5.95 Å². The van der Waals surface area contributed by atoms with Gasteiger partial charge in [-0.05, 0) is 42.9 Å². The number of aromatic nitrogens is 5. The Morgan fingerprint density at radius 1 is 1.35 bits per heavy atom. The van der Waals surface area contributed by atoms with Gasteiger partial charge in [0.05, 0.1) is 15.9 Å². The summed E-state index contributed by atoms with van der Waals surface area (Å²) in [7, 11) is 0. The van der Waals surface area contributed by atoms with E-state index in [2.05, 4.69) is 54.9 Å². The smallest absolute Gasteiger partial charge is 0.323 e. The SMILES string of the molecule is CCCNc1nc(OC(C)C)nc(-n2cc(I)cn2)n1. The lowest BCUT2D eigenvalue weighted by Crippen LogP contribution is -2.14. The molecule has 7 nitrogen and oxygen atoms in total. The van der Waals surface area contributed by atoms with Crippen molar-refractivity contribution in [2.45, 2.75) is 33.3 Å². The lowest BCUT2D eigenvalue weighted by Gasteiger charge is -2.10. The summed E-state index contributed by atoms with van der Waals surface area (Å²) in [5, 5.41) is 7.34. The fourth-order valence-electron chi connectivity index (χ4n) is 1.44. The summed E-state index contributed by atoms with van der Waals surface area (Å²) >= 11 is 2.19. The van der Waals surface area contributed by atoms with Crippen LogP contribution >= 0.6 is 22.6 Å². The zero-order valence-corrected chi connectivity index (χ0v) is 13.8. The molecule has 2 heterocycles. The molecule has 0 saturated heterocycles. The van der Waals surface area contributed by atoms with E-state index in [1.165, 1.54) is 0 Å². The zero-order valence-electron chi connectivity index (χ0n) is 11.7. The molecule has 0 aromatic carbocycles. The molecule has 2 aromatic heterocycles. The third-order valence-corrected chi connectivity index (χ3v) is 2.79. The van der Waals surface area contributed by atoms with Crippen molar-refractivity contribution < 1.29 is 4.74 Å². The van der Waals surface area contributed by atoms with Crippen LogP contribution < -0.4 is 10.1 Å². The molecule has 0 aliphatic carbocycles. The van der Waals surface area contributed by atoms with E-state index in [-0.39, 0.29) is 6.10 Å². The van der Waals surface area contributed by atoms with Gasteiger partial charge >= 0.3 is 6.01 Å². The molecule has 0 unspecified atom stereocenters. The van der Waals surface area contributed by atoms with E-state index in [1.54, 1.807) is 10.9 Å². The molecule has 0 atom stereocenters. The number of nitrogens with zero attached hydrogens (tertiary/aromatic N) is 5. The predicted octanol–water partition coefficient (Wildman–Crippen LogP) is 2.27. The number of anilines is 1. The molecule has 108 valence electrons. The minimum atomic E-state index is 0.00188. The van der Waals surface area contributed by atoms with Gasteiger partial charge in [0.1, 0.15) is 0 Å². The minimum Gasteiger partial charge on any atom is -0.461 e. The van der Waals surface area contributed by atoms with E-state index >= 15 is 0 Å². The summed E-state index contributed by atoms with van der Waals surface area (Å²) in [6.07, 6.45) is 4.58. The summed E-state index contributed by atoms with van der Waals surface area (Å²) < 4.78 is 8.17. The maximum absolute atomic E-state index is 5.56. The molecule has 2 rings (SSSR count). The van der Waals surface area contributed by atoms with Gasteiger partial charge in [0.15, 0.2) is 0 Å². The zero-order chi connectivity index (χ0) is 14.5. The lowest BCUT2D eigenvalue weighted by atomic mass is 10.5. The summed E-state index contributed by atoms with van der Waals surface area (Å²) in [4.78, 5) is 12.9. The second-order valence-corrected chi connectivity index (χ2v) is 5.68. The Bertz CT molecular complexity index is 571. The number of halogens is 1. The third-order valence-electron chi connectivity index (χ3n) is 2.23. The van der Waals surface area contributed by atoms with Crippen LogP contribution in [0.25, 0.3) is 5.95 Å². The molecule has 2 aromatic rings. The lowest BCUT2D eigenvalue weighted by molar-refractivity contribution is 0.221. The highest BCUT2D eigenvalue weighted by Crippen LogP contribution is 2.13. The highest BCUT2D eigenvalue weighted by atomic mass is 127. The maximum Gasteiger partial charge on any atom is 0.323 e. The van der Waals surface area contributed by atoms with Gasteiger partial charge in [-0.25, -0.2) is 4.68 Å². The fraction of sp³-hybridized carbons (Fsp3) is 0.500. The minimum absolute atomic E-state index is 0.00188. The Morgan fingerprint density at radius 2 is 2.15 bits per heavy atom. The average molecular weight is 388 g/mol. The molecule has 20 heavy (non-hydrogen) atoms. The number of ether oxygens (including phenoxy) is 1. The Labute approximate surface area is 131 Å². The van der Waals surface area contributed by atoms with Crippen LogP contribution in [0.2, 0.25) is 0 Å². The van der Waals surface area contributed by atoms with Gasteiger partial charge < -0.3 is 10.1 Å². The van der Waals surface area contributed by atoms with Gasteiger partial charge in [-0.15, -0.1) is 0 Å². The van der Waals surface area contributed by atoms with E-state index in [9.17, 15) is 0 Å². The van der Waals surface area contributed by atoms with E-state index < -0.39 is 0 Å². The van der Waals surface area contributed by atoms with Crippen molar-refractivity contribution in [3.05, 3.63) is 16.0 Å². The van der Waals surface area contributed by atoms with Gasteiger partial charge in [-0.2, -0.15) is 20.1 Å². The van der Waals surface area contributed by atoms with Crippen molar-refractivity contribution in [3.8, 4) is 12.0 Å². The standard InChI is InChI=1S/C12H17IN6O/c1-4-5-14-10-16-11(19-7-9(13)6-15-19)18-12(17-10)20-8(2)3/h6-8H,4-5H2,1-3H3,(H,14,16,17,18). The van der Waals surface area contributed by atoms with E-state index in [0.717, 1.165) is 16.5 Å². The van der Waals surface area contributed by atoms with Crippen molar-refractivity contribution in [2.24, 2.45) is 0 Å². The maximum atomic E-state index is 5.56. The Morgan fingerprint density at radius 3 is 2.75 bits per heavy atom. The highest BCUT2D eigenvalue weighted by Gasteiger charge is 2.11. The van der Waals surface area contributed by atoms with Crippen molar-refractivity contribution in [1.29, 1.82) is 0 Å². The summed E-state index contributed by atoms with van der Waals surface area (Å²) in [6.45, 7) is 6.73. The van der Waals surface area contributed by atoms with Crippen molar-refractivity contribution >= 4 is 28.5 Å². The molecule has 0 saturated carbocycles. The van der Waals surface area contributed by atoms with Crippen LogP contribution in [0.3, 0.4) is 0 Å². The quantitative estimate of drug-likeness (QED) is 0.766. The molecule has 0 amide bonds. The van der Waals surface area contributed by atoms with Gasteiger partial charge in [0.25, 0.3) is 5.95 Å². The largest absolute Gasteiger partial charge is 0.461 e. The Hall–Kier alpha value is -1.45. The van der Waals surface area contributed by atoms with Crippen LogP contribution in [0.5, 0.6) is 6.01 Å². The fourth-order valence-corrected chi connectivity index (χ4v) is 1.83. The molecule has 0 spiro atoms. The molecule has 0 radical (unpaired) electrons. The predicted molar refractivity (Wildman–Crippen MR) is 84.2 cm³/mol. The van der Waals surface area contributed by atoms with E-state index in [4.69, 9.17) is 4.74 Å². The number of hydrogen-bond donors (Lipinski definition) is 1. The second-order valence-electron chi connectivity index (χ2n) is 4.44. The molecule has 8 heteroatoms. The van der Waals surface area contributed by atoms with Crippen molar-refractivity contribution in [1.82, 2.24) is 24.7 Å². The van der Waals surface area contributed by atoms with Crippen molar-refractivity contribution in [2.75, 3.05) is 11.9 Å². The van der Waals surface area contributed by atoms with Gasteiger partial charge in [0, 0.05) is 12.7 Å². The first-order valence-electron chi connectivity index (χ1n) is 6.45. The molecular formula is C12H17IN6O. The first-order valence-corrected chi connectivity index (χ1v) is 7.53. The Balaban J connectivity index is 2.34. The molecule has 0 fully saturated rings. The van der Waals surface area contributed by atoms with Crippen molar-refractivity contribution in [3.63, 3.8) is 0 Å². The highest BCUT2D eigenvalue weighted by molar-refractivity contribution is 14.1. The molecular weight excluding hydrogens is 371 g/mol. The Kier molecular flexibility index (Phi) is 5.10. The summed E-state index contributed by atoms with van der Waals surface area (Å²) in [5.74, 6) is 0.940. The van der Waals surface area contributed by atoms with Gasteiger partial charge in [0.2, 0.25) is 5.95 Å². The average Bonchev–Trinajstić information content (AvgIpc) is 2.82. The van der Waals surface area contributed by atoms with Gasteiger partial charge in [-0.1, -0.05) is 6.92 Å². The number of nitrogens with one attached hydrogen (secondary N) is 1. The van der Waals surface area contributed by atoms with Crippen LogP contribution in [0.1, 0.15) is 27.2 Å². The molecule has 0 aliphatic heterocycles. The number of rotatable bonds is 6. The summed E-state index contributed by atoms with van der Waals surface area (Å²) in [6, 6.07) is 0.300. The first kappa shape index (κ1) is 14.9. The van der Waals surface area contributed by atoms with Crippen LogP contribution in [-0.4, -0.2) is 37.4 Å². The molecule has 1 N–H and O–H groups in total. The topological polar surface area (TPSA) is 77.8 Å². The monoisotopic (exact) mass is 388 g/mol. The third kappa shape index (κ3) is 4.02. The van der Waals surface area contributed by atoms with Crippen LogP contribution in [0.15, 0.2) is 12.4 Å². The van der Waals surface area contributed by atoms with Crippen LogP contribution in [-0.2, 0) is 0 Å². The summed E-state index contributed by atoms with van der Waals surface area (Å²) in [5.41, 5.74) is 0.